The smallest absolute Gasteiger partial charge is 0.328 e. The molecule has 0 spiro atoms. The number of carbonyl (C=O) groups excluding carboxylic acids is 1. The maximum Gasteiger partial charge on any atom is 0.328 e. The Labute approximate surface area is 159 Å². The van der Waals surface area contributed by atoms with Crippen LogP contribution in [0.1, 0.15) is 30.0 Å². The number of carboxylic acid groups (broad SMARTS) is 1. The largest absolute Gasteiger partial charge is 0.480 e. The van der Waals surface area contributed by atoms with Gasteiger partial charge in [0, 0.05) is 12.8 Å². The third-order valence-electron chi connectivity index (χ3n) is 4.45. The molecular formula is C22H25NO4. The van der Waals surface area contributed by atoms with Crippen molar-refractivity contribution in [2.24, 2.45) is 5.73 Å². The Bertz CT molecular complexity index is 816. The van der Waals surface area contributed by atoms with Crippen molar-refractivity contribution in [3.8, 4) is 5.75 Å². The Hall–Kier alpha value is -2.92. The number of nitrogens with two attached hydrogens (primary N) is 1. The first-order valence-corrected chi connectivity index (χ1v) is 8.90. The summed E-state index contributed by atoms with van der Waals surface area (Å²) >= 11 is 0. The number of hydrogen-bond acceptors (Lipinski definition) is 4. The summed E-state index contributed by atoms with van der Waals surface area (Å²) in [6, 6.07) is 15.0. The molecule has 0 amide bonds. The summed E-state index contributed by atoms with van der Waals surface area (Å²) in [5, 5.41) is 9.28. The predicted octanol–water partition coefficient (Wildman–Crippen LogP) is 3.30. The highest BCUT2D eigenvalue weighted by atomic mass is 16.5. The van der Waals surface area contributed by atoms with Gasteiger partial charge < -0.3 is 15.6 Å². The van der Waals surface area contributed by atoms with Crippen molar-refractivity contribution in [3.05, 3.63) is 77.9 Å². The van der Waals surface area contributed by atoms with Crippen molar-refractivity contribution in [2.75, 3.05) is 0 Å². The minimum atomic E-state index is -1.53. The van der Waals surface area contributed by atoms with Crippen LogP contribution in [0, 0.1) is 0 Å². The topological polar surface area (TPSA) is 89.6 Å². The molecule has 0 aliphatic heterocycles. The summed E-state index contributed by atoms with van der Waals surface area (Å²) in [5.74, 6) is -0.936. The SMILES string of the molecule is C=CC(N)(Cc1ccc(OC(=O)CCc2ccccc2)c(CC)c1)C(=O)O. The fourth-order valence-corrected chi connectivity index (χ4v) is 2.76. The van der Waals surface area contributed by atoms with Gasteiger partial charge in [-0.15, -0.1) is 6.58 Å². The molecule has 5 nitrogen and oxygen atoms in total. The molecule has 2 rings (SSSR count). The van der Waals surface area contributed by atoms with E-state index in [4.69, 9.17) is 10.5 Å². The van der Waals surface area contributed by atoms with E-state index in [2.05, 4.69) is 6.58 Å². The Morgan fingerprint density at radius 3 is 2.48 bits per heavy atom. The van der Waals surface area contributed by atoms with Crippen LogP contribution < -0.4 is 10.5 Å². The van der Waals surface area contributed by atoms with E-state index < -0.39 is 11.5 Å². The van der Waals surface area contributed by atoms with E-state index in [-0.39, 0.29) is 18.8 Å². The predicted molar refractivity (Wildman–Crippen MR) is 105 cm³/mol. The molecule has 0 saturated carbocycles. The molecule has 1 unspecified atom stereocenters. The number of aryl methyl sites for hydroxylation is 2. The first-order valence-electron chi connectivity index (χ1n) is 8.90. The van der Waals surface area contributed by atoms with Crippen LogP contribution in [0.4, 0.5) is 0 Å². The van der Waals surface area contributed by atoms with Crippen LogP contribution in [-0.4, -0.2) is 22.6 Å². The minimum absolute atomic E-state index is 0.112. The quantitative estimate of drug-likeness (QED) is 0.403. The first-order chi connectivity index (χ1) is 12.9. The van der Waals surface area contributed by atoms with Crippen LogP contribution in [0.25, 0.3) is 0 Å². The summed E-state index contributed by atoms with van der Waals surface area (Å²) < 4.78 is 5.51. The lowest BCUT2D eigenvalue weighted by Crippen LogP contribution is -2.47. The maximum atomic E-state index is 12.2. The molecular weight excluding hydrogens is 342 g/mol. The van der Waals surface area contributed by atoms with Gasteiger partial charge in [-0.1, -0.05) is 55.5 Å². The standard InChI is InChI=1S/C22H25NO4/c1-3-18-14-17(15-22(23,4-2)21(25)26)10-12-19(18)27-20(24)13-11-16-8-6-5-7-9-16/h4-10,12,14H,2-3,11,13,15,23H2,1H3,(H,25,26). The molecule has 0 radical (unpaired) electrons. The molecule has 0 fully saturated rings. The summed E-state index contributed by atoms with van der Waals surface area (Å²) in [4.78, 5) is 23.5. The number of carboxylic acids is 1. The summed E-state index contributed by atoms with van der Waals surface area (Å²) in [6.45, 7) is 5.47. The monoisotopic (exact) mass is 367 g/mol. The van der Waals surface area contributed by atoms with E-state index in [1.807, 2.05) is 43.3 Å². The number of ether oxygens (including phenoxy) is 1. The second-order valence-electron chi connectivity index (χ2n) is 6.48. The average Bonchev–Trinajstić information content (AvgIpc) is 2.68. The van der Waals surface area contributed by atoms with Gasteiger partial charge in [-0.25, -0.2) is 4.79 Å². The molecule has 2 aromatic rings. The third-order valence-corrected chi connectivity index (χ3v) is 4.45. The second-order valence-corrected chi connectivity index (χ2v) is 6.48. The van der Waals surface area contributed by atoms with Crippen LogP contribution >= 0.6 is 0 Å². The van der Waals surface area contributed by atoms with E-state index >= 15 is 0 Å². The van der Waals surface area contributed by atoms with Crippen molar-refractivity contribution >= 4 is 11.9 Å². The Morgan fingerprint density at radius 1 is 1.19 bits per heavy atom. The molecule has 2 aromatic carbocycles. The van der Waals surface area contributed by atoms with E-state index in [9.17, 15) is 14.7 Å². The van der Waals surface area contributed by atoms with Gasteiger partial charge in [0.2, 0.25) is 0 Å². The van der Waals surface area contributed by atoms with E-state index in [1.165, 1.54) is 6.08 Å². The molecule has 0 aliphatic carbocycles. The van der Waals surface area contributed by atoms with Gasteiger partial charge >= 0.3 is 11.9 Å². The van der Waals surface area contributed by atoms with Gasteiger partial charge in [-0.05, 0) is 35.6 Å². The van der Waals surface area contributed by atoms with Gasteiger partial charge in [-0.3, -0.25) is 4.79 Å². The molecule has 142 valence electrons. The van der Waals surface area contributed by atoms with E-state index in [1.54, 1.807) is 12.1 Å². The highest BCUT2D eigenvalue weighted by Crippen LogP contribution is 2.24. The minimum Gasteiger partial charge on any atom is -0.480 e. The van der Waals surface area contributed by atoms with E-state index in [0.717, 1.165) is 16.7 Å². The zero-order chi connectivity index (χ0) is 19.9. The molecule has 1 atom stereocenters. The van der Waals surface area contributed by atoms with Gasteiger partial charge in [0.15, 0.2) is 0 Å². The Balaban J connectivity index is 2.06. The third kappa shape index (κ3) is 5.53. The van der Waals surface area contributed by atoms with Gasteiger partial charge in [0.25, 0.3) is 0 Å². The highest BCUT2D eigenvalue weighted by Gasteiger charge is 2.30. The molecule has 0 bridgehead atoms. The van der Waals surface area contributed by atoms with E-state index in [0.29, 0.717) is 18.6 Å². The number of aliphatic carboxylic acids is 1. The van der Waals surface area contributed by atoms with Crippen molar-refractivity contribution in [1.82, 2.24) is 0 Å². The first kappa shape index (κ1) is 20.4. The second kappa shape index (κ2) is 9.14. The van der Waals surface area contributed by atoms with Crippen LogP contribution in [-0.2, 0) is 28.9 Å². The number of rotatable bonds is 9. The lowest BCUT2D eigenvalue weighted by Gasteiger charge is -2.21. The van der Waals surface area contributed by atoms with Gasteiger partial charge in [0.05, 0.1) is 0 Å². The van der Waals surface area contributed by atoms with Crippen molar-refractivity contribution in [2.45, 2.75) is 38.1 Å². The van der Waals surface area contributed by atoms with Crippen molar-refractivity contribution < 1.29 is 19.4 Å². The number of esters is 1. The van der Waals surface area contributed by atoms with Gasteiger partial charge in [-0.2, -0.15) is 0 Å². The highest BCUT2D eigenvalue weighted by molar-refractivity contribution is 5.81. The number of carbonyl (C=O) groups is 2. The maximum absolute atomic E-state index is 12.2. The van der Waals surface area contributed by atoms with Crippen molar-refractivity contribution in [3.63, 3.8) is 0 Å². The molecule has 0 heterocycles. The fraction of sp³-hybridized carbons (Fsp3) is 0.273. The number of hydrogen-bond donors (Lipinski definition) is 2. The lowest BCUT2D eigenvalue weighted by atomic mass is 9.91. The average molecular weight is 367 g/mol. The van der Waals surface area contributed by atoms with Crippen LogP contribution in [0.2, 0.25) is 0 Å². The molecule has 27 heavy (non-hydrogen) atoms. The Kier molecular flexibility index (Phi) is 6.91. The van der Waals surface area contributed by atoms with Gasteiger partial charge in [0.1, 0.15) is 11.3 Å². The molecule has 0 aromatic heterocycles. The normalized spacial score (nSPS) is 12.8. The van der Waals surface area contributed by atoms with Crippen molar-refractivity contribution in [1.29, 1.82) is 0 Å². The number of benzene rings is 2. The van der Waals surface area contributed by atoms with Crippen LogP contribution in [0.5, 0.6) is 5.75 Å². The zero-order valence-corrected chi connectivity index (χ0v) is 15.5. The van der Waals surface area contributed by atoms with Crippen LogP contribution in [0.3, 0.4) is 0 Å². The lowest BCUT2D eigenvalue weighted by molar-refractivity contribution is -0.141. The zero-order valence-electron chi connectivity index (χ0n) is 15.5. The Morgan fingerprint density at radius 2 is 1.89 bits per heavy atom. The summed E-state index contributed by atoms with van der Waals surface area (Å²) in [6.07, 6.45) is 2.90. The molecule has 3 N–H and O–H groups in total. The fourth-order valence-electron chi connectivity index (χ4n) is 2.76. The van der Waals surface area contributed by atoms with Crippen LogP contribution in [0.15, 0.2) is 61.2 Å². The molecule has 5 heteroatoms. The molecule has 0 saturated heterocycles. The summed E-state index contributed by atoms with van der Waals surface area (Å²) in [7, 11) is 0. The molecule has 0 aliphatic rings. The summed E-state index contributed by atoms with van der Waals surface area (Å²) in [5.41, 5.74) is 7.01.